The second kappa shape index (κ2) is 8.33. The molecule has 32 heavy (non-hydrogen) atoms. The van der Waals surface area contributed by atoms with Crippen molar-refractivity contribution in [3.63, 3.8) is 0 Å². The predicted molar refractivity (Wildman–Crippen MR) is 123 cm³/mol. The first-order valence-corrected chi connectivity index (χ1v) is 11.5. The lowest BCUT2D eigenvalue weighted by Crippen LogP contribution is -2.19. The van der Waals surface area contributed by atoms with E-state index in [1.807, 2.05) is 42.5 Å². The Morgan fingerprint density at radius 2 is 1.72 bits per heavy atom. The zero-order valence-corrected chi connectivity index (χ0v) is 18.2. The number of amides is 1. The quantitative estimate of drug-likeness (QED) is 0.434. The van der Waals surface area contributed by atoms with Crippen LogP contribution in [-0.4, -0.2) is 23.2 Å². The van der Waals surface area contributed by atoms with E-state index in [1.165, 1.54) is 12.1 Å². The van der Waals surface area contributed by atoms with Gasteiger partial charge in [-0.2, -0.15) is 0 Å². The van der Waals surface area contributed by atoms with E-state index in [0.29, 0.717) is 38.8 Å². The Morgan fingerprint density at radius 3 is 2.44 bits per heavy atom. The molecule has 0 spiro atoms. The number of benzene rings is 3. The molecular formula is C25H21FN2O3S. The Balaban J connectivity index is 1.60. The number of hydrogen-bond donors (Lipinski definition) is 2. The summed E-state index contributed by atoms with van der Waals surface area (Å²) in [4.78, 5) is 13.5. The third-order valence-electron chi connectivity index (χ3n) is 5.48. The SMILES string of the molecule is CNC(=O)c1c(-c2ccc(F)cc2)oc2ccc(-c3cccc(S(=O)NC4CC4)c3)cc12. The van der Waals surface area contributed by atoms with E-state index >= 15 is 0 Å². The maximum atomic E-state index is 13.4. The summed E-state index contributed by atoms with van der Waals surface area (Å²) >= 11 is 0. The van der Waals surface area contributed by atoms with Gasteiger partial charge in [-0.05, 0) is 72.5 Å². The van der Waals surface area contributed by atoms with Crippen molar-refractivity contribution >= 4 is 27.9 Å². The molecule has 1 atom stereocenters. The monoisotopic (exact) mass is 448 g/mol. The van der Waals surface area contributed by atoms with Crippen molar-refractivity contribution in [3.8, 4) is 22.5 Å². The van der Waals surface area contributed by atoms with Crippen molar-refractivity contribution in [1.82, 2.24) is 10.0 Å². The minimum absolute atomic E-state index is 0.288. The molecule has 0 bridgehead atoms. The van der Waals surface area contributed by atoms with Crippen LogP contribution in [0.15, 0.2) is 76.0 Å². The van der Waals surface area contributed by atoms with E-state index < -0.39 is 11.0 Å². The third-order valence-corrected chi connectivity index (χ3v) is 6.71. The Morgan fingerprint density at radius 1 is 1.00 bits per heavy atom. The molecule has 162 valence electrons. The smallest absolute Gasteiger partial charge is 0.255 e. The summed E-state index contributed by atoms with van der Waals surface area (Å²) in [5.74, 6) is -0.259. The Hall–Kier alpha value is -3.29. The maximum absolute atomic E-state index is 13.4. The van der Waals surface area contributed by atoms with E-state index in [2.05, 4.69) is 10.0 Å². The van der Waals surface area contributed by atoms with Gasteiger partial charge in [0, 0.05) is 24.0 Å². The van der Waals surface area contributed by atoms with Crippen molar-refractivity contribution in [2.24, 2.45) is 0 Å². The van der Waals surface area contributed by atoms with Gasteiger partial charge in [-0.1, -0.05) is 18.2 Å². The molecule has 1 fully saturated rings. The summed E-state index contributed by atoms with van der Waals surface area (Å²) in [7, 11) is 0.299. The number of halogens is 1. The summed E-state index contributed by atoms with van der Waals surface area (Å²) in [5, 5.41) is 3.32. The molecule has 7 heteroatoms. The van der Waals surface area contributed by atoms with E-state index in [9.17, 15) is 13.4 Å². The fourth-order valence-corrected chi connectivity index (χ4v) is 4.75. The fraction of sp³-hybridized carbons (Fsp3) is 0.160. The van der Waals surface area contributed by atoms with E-state index in [-0.39, 0.29) is 11.7 Å². The van der Waals surface area contributed by atoms with E-state index in [0.717, 1.165) is 24.0 Å². The number of nitrogens with one attached hydrogen (secondary N) is 2. The largest absolute Gasteiger partial charge is 0.455 e. The summed E-state index contributed by atoms with van der Waals surface area (Å²) in [6, 6.07) is 19.4. The second-order valence-corrected chi connectivity index (χ2v) is 9.04. The number of hydrogen-bond acceptors (Lipinski definition) is 3. The molecule has 1 heterocycles. The summed E-state index contributed by atoms with van der Waals surface area (Å²) in [6.07, 6.45) is 2.11. The predicted octanol–water partition coefficient (Wildman–Crippen LogP) is 5.04. The van der Waals surface area contributed by atoms with Crippen LogP contribution in [0.4, 0.5) is 4.39 Å². The van der Waals surface area contributed by atoms with Crippen molar-refractivity contribution in [3.05, 3.63) is 78.1 Å². The van der Waals surface area contributed by atoms with Gasteiger partial charge in [0.15, 0.2) is 0 Å². The van der Waals surface area contributed by atoms with Crippen LogP contribution in [0.3, 0.4) is 0 Å². The zero-order valence-electron chi connectivity index (χ0n) is 17.4. The van der Waals surface area contributed by atoms with E-state index in [1.54, 1.807) is 19.2 Å². The van der Waals surface area contributed by atoms with E-state index in [4.69, 9.17) is 4.42 Å². The Labute approximate surface area is 187 Å². The molecule has 0 aliphatic heterocycles. The minimum Gasteiger partial charge on any atom is -0.455 e. The van der Waals surface area contributed by atoms with Gasteiger partial charge < -0.3 is 9.73 Å². The van der Waals surface area contributed by atoms with Crippen LogP contribution in [0.1, 0.15) is 23.2 Å². The lowest BCUT2D eigenvalue weighted by atomic mass is 10.00. The highest BCUT2D eigenvalue weighted by molar-refractivity contribution is 7.83. The fourth-order valence-electron chi connectivity index (χ4n) is 3.64. The van der Waals surface area contributed by atoms with Crippen molar-refractivity contribution in [1.29, 1.82) is 0 Å². The molecule has 1 amide bonds. The highest BCUT2D eigenvalue weighted by Gasteiger charge is 2.24. The van der Waals surface area contributed by atoms with Gasteiger partial charge in [-0.3, -0.25) is 4.79 Å². The Kier molecular flexibility index (Phi) is 5.36. The van der Waals surface area contributed by atoms with Crippen LogP contribution in [0.5, 0.6) is 0 Å². The lowest BCUT2D eigenvalue weighted by molar-refractivity contribution is 0.0964. The number of carbonyl (C=O) groups excluding carboxylic acids is 1. The highest BCUT2D eigenvalue weighted by Crippen LogP contribution is 2.36. The van der Waals surface area contributed by atoms with Crippen molar-refractivity contribution in [2.45, 2.75) is 23.8 Å². The molecule has 5 nitrogen and oxygen atoms in total. The molecule has 0 saturated heterocycles. The molecule has 1 aromatic heterocycles. The summed E-state index contributed by atoms with van der Waals surface area (Å²) in [5.41, 5.74) is 3.33. The van der Waals surface area contributed by atoms with Crippen LogP contribution in [0.2, 0.25) is 0 Å². The molecule has 1 aliphatic rings. The van der Waals surface area contributed by atoms with Gasteiger partial charge in [0.05, 0.1) is 10.5 Å². The van der Waals surface area contributed by atoms with Crippen molar-refractivity contribution in [2.75, 3.05) is 7.05 Å². The molecule has 1 aliphatic carbocycles. The first-order chi connectivity index (χ1) is 15.5. The second-order valence-electron chi connectivity index (χ2n) is 7.79. The maximum Gasteiger partial charge on any atom is 0.255 e. The van der Waals surface area contributed by atoms with Crippen LogP contribution in [0.25, 0.3) is 33.4 Å². The number of fused-ring (bicyclic) bond motifs is 1. The summed E-state index contributed by atoms with van der Waals surface area (Å²) in [6.45, 7) is 0. The third kappa shape index (κ3) is 3.97. The Bertz CT molecular complexity index is 1340. The van der Waals surface area contributed by atoms with Crippen molar-refractivity contribution < 1.29 is 17.8 Å². The lowest BCUT2D eigenvalue weighted by Gasteiger charge is -2.07. The first-order valence-electron chi connectivity index (χ1n) is 10.4. The van der Waals surface area contributed by atoms with Crippen LogP contribution in [0, 0.1) is 5.82 Å². The minimum atomic E-state index is -1.26. The van der Waals surface area contributed by atoms with Crippen LogP contribution < -0.4 is 10.0 Å². The molecule has 2 N–H and O–H groups in total. The standard InChI is InChI=1S/C25H21FN2O3S/c1-27-25(29)23-21-14-17(16-3-2-4-20(13-16)32(30)28-19-10-11-19)7-12-22(21)31-24(23)15-5-8-18(26)9-6-15/h2-9,12-14,19,28H,10-11H2,1H3,(H,27,29). The zero-order chi connectivity index (χ0) is 22.2. The molecule has 1 saturated carbocycles. The average molecular weight is 449 g/mol. The van der Waals surface area contributed by atoms with Gasteiger partial charge in [0.25, 0.3) is 5.91 Å². The van der Waals surface area contributed by atoms with Crippen LogP contribution >= 0.6 is 0 Å². The molecule has 1 unspecified atom stereocenters. The molecule has 3 aromatic carbocycles. The summed E-state index contributed by atoms with van der Waals surface area (Å²) < 4.78 is 35.1. The molecule has 4 aromatic rings. The first kappa shape index (κ1) is 20.6. The highest BCUT2D eigenvalue weighted by atomic mass is 32.2. The van der Waals surface area contributed by atoms with Gasteiger partial charge >= 0.3 is 0 Å². The van der Waals surface area contributed by atoms with Gasteiger partial charge in [-0.25, -0.2) is 13.3 Å². The molecule has 5 rings (SSSR count). The number of furan rings is 1. The topological polar surface area (TPSA) is 71.3 Å². The van der Waals surface area contributed by atoms with Gasteiger partial charge in [0.2, 0.25) is 0 Å². The average Bonchev–Trinajstić information content (AvgIpc) is 3.55. The number of carbonyl (C=O) groups is 1. The van der Waals surface area contributed by atoms with Crippen LogP contribution in [-0.2, 0) is 11.0 Å². The number of rotatable bonds is 6. The molecule has 0 radical (unpaired) electrons. The molecular weight excluding hydrogens is 427 g/mol. The van der Waals surface area contributed by atoms with Gasteiger partial charge in [0.1, 0.15) is 28.1 Å². The normalized spacial score (nSPS) is 14.4. The van der Waals surface area contributed by atoms with Gasteiger partial charge in [-0.15, -0.1) is 0 Å².